The minimum absolute atomic E-state index is 0.504. The summed E-state index contributed by atoms with van der Waals surface area (Å²) >= 11 is 0. The van der Waals surface area contributed by atoms with Gasteiger partial charge < -0.3 is 14.8 Å². The second-order valence-electron chi connectivity index (χ2n) is 3.65. The fraction of sp³-hybridized carbons (Fsp3) is 0.545. The molecule has 2 heterocycles. The van der Waals surface area contributed by atoms with Gasteiger partial charge in [-0.2, -0.15) is 0 Å². The highest BCUT2D eigenvalue weighted by molar-refractivity contribution is 5.39. The average molecular weight is 208 g/mol. The molecule has 1 N–H and O–H groups in total. The Labute approximate surface area is 89.6 Å². The van der Waals surface area contributed by atoms with Gasteiger partial charge in [0.1, 0.15) is 0 Å². The third kappa shape index (κ3) is 2.04. The van der Waals surface area contributed by atoms with Crippen molar-refractivity contribution in [1.29, 1.82) is 0 Å². The molecule has 0 saturated carbocycles. The molecule has 0 bridgehead atoms. The molecule has 82 valence electrons. The van der Waals surface area contributed by atoms with E-state index in [1.807, 2.05) is 6.07 Å². The first-order valence-electron chi connectivity index (χ1n) is 5.13. The van der Waals surface area contributed by atoms with E-state index < -0.39 is 0 Å². The van der Waals surface area contributed by atoms with Crippen molar-refractivity contribution in [1.82, 2.24) is 10.3 Å². The lowest BCUT2D eigenvalue weighted by Gasteiger charge is -2.11. The first-order chi connectivity index (χ1) is 7.35. The first-order valence-corrected chi connectivity index (χ1v) is 5.13. The van der Waals surface area contributed by atoms with Gasteiger partial charge >= 0.3 is 0 Å². The standard InChI is InChI=1S/C11H16N2O2/c1-14-10-5-9(8-3-4-12-6-8)13-7-11(10)15-2/h5,7-8,12H,3-4,6H2,1-2H3. The predicted octanol–water partition coefficient (Wildman–Crippen LogP) is 1.18. The summed E-state index contributed by atoms with van der Waals surface area (Å²) < 4.78 is 10.4. The van der Waals surface area contributed by atoms with Crippen LogP contribution < -0.4 is 14.8 Å². The van der Waals surface area contributed by atoms with Gasteiger partial charge in [0.2, 0.25) is 0 Å². The topological polar surface area (TPSA) is 43.4 Å². The molecule has 1 aliphatic heterocycles. The number of nitrogens with zero attached hydrogens (tertiary/aromatic N) is 1. The minimum Gasteiger partial charge on any atom is -0.493 e. The Hall–Kier alpha value is -1.29. The summed E-state index contributed by atoms with van der Waals surface area (Å²) in [6.45, 7) is 2.07. The van der Waals surface area contributed by atoms with E-state index in [1.54, 1.807) is 20.4 Å². The highest BCUT2D eigenvalue weighted by atomic mass is 16.5. The number of rotatable bonds is 3. The van der Waals surface area contributed by atoms with Gasteiger partial charge in [-0.05, 0) is 13.0 Å². The summed E-state index contributed by atoms with van der Waals surface area (Å²) in [7, 11) is 3.27. The lowest BCUT2D eigenvalue weighted by atomic mass is 10.0. The summed E-state index contributed by atoms with van der Waals surface area (Å²) in [5.74, 6) is 1.95. The number of ether oxygens (including phenoxy) is 2. The molecular weight excluding hydrogens is 192 g/mol. The van der Waals surface area contributed by atoms with Crippen LogP contribution in [0.5, 0.6) is 11.5 Å². The molecule has 1 fully saturated rings. The van der Waals surface area contributed by atoms with Crippen LogP contribution >= 0.6 is 0 Å². The zero-order chi connectivity index (χ0) is 10.7. The summed E-state index contributed by atoms with van der Waals surface area (Å²) in [4.78, 5) is 4.40. The Morgan fingerprint density at radius 3 is 2.73 bits per heavy atom. The Morgan fingerprint density at radius 1 is 1.33 bits per heavy atom. The monoisotopic (exact) mass is 208 g/mol. The molecule has 15 heavy (non-hydrogen) atoms. The van der Waals surface area contributed by atoms with Gasteiger partial charge in [0.15, 0.2) is 11.5 Å². The van der Waals surface area contributed by atoms with Crippen LogP contribution in [0.2, 0.25) is 0 Å². The lowest BCUT2D eigenvalue weighted by Crippen LogP contribution is -2.09. The maximum absolute atomic E-state index is 5.25. The molecule has 4 heteroatoms. The summed E-state index contributed by atoms with van der Waals surface area (Å²) in [6, 6.07) is 1.97. The summed E-state index contributed by atoms with van der Waals surface area (Å²) in [5, 5.41) is 3.32. The second kappa shape index (κ2) is 4.49. The van der Waals surface area contributed by atoms with E-state index in [2.05, 4.69) is 10.3 Å². The minimum atomic E-state index is 0.504. The quantitative estimate of drug-likeness (QED) is 0.810. The van der Waals surface area contributed by atoms with E-state index >= 15 is 0 Å². The Kier molecular flexibility index (Phi) is 3.06. The van der Waals surface area contributed by atoms with E-state index in [0.717, 1.165) is 31.0 Å². The molecule has 4 nitrogen and oxygen atoms in total. The first kappa shape index (κ1) is 10.2. The highest BCUT2D eigenvalue weighted by Crippen LogP contribution is 2.30. The molecule has 1 aromatic rings. The van der Waals surface area contributed by atoms with Crippen molar-refractivity contribution >= 4 is 0 Å². The van der Waals surface area contributed by atoms with Crippen molar-refractivity contribution in [2.45, 2.75) is 12.3 Å². The van der Waals surface area contributed by atoms with Crippen molar-refractivity contribution in [3.8, 4) is 11.5 Å². The molecule has 0 radical (unpaired) electrons. The van der Waals surface area contributed by atoms with E-state index in [1.165, 1.54) is 0 Å². The van der Waals surface area contributed by atoms with Gasteiger partial charge in [-0.3, -0.25) is 4.98 Å². The molecule has 1 atom stereocenters. The van der Waals surface area contributed by atoms with Gasteiger partial charge in [0.05, 0.1) is 20.4 Å². The smallest absolute Gasteiger partial charge is 0.179 e. The highest BCUT2D eigenvalue weighted by Gasteiger charge is 2.19. The third-order valence-corrected chi connectivity index (χ3v) is 2.77. The second-order valence-corrected chi connectivity index (χ2v) is 3.65. The lowest BCUT2D eigenvalue weighted by molar-refractivity contribution is 0.352. The number of hydrogen-bond acceptors (Lipinski definition) is 4. The van der Waals surface area contributed by atoms with Crippen molar-refractivity contribution in [3.63, 3.8) is 0 Å². The molecule has 0 spiro atoms. The maximum atomic E-state index is 5.25. The van der Waals surface area contributed by atoms with Crippen molar-refractivity contribution in [2.24, 2.45) is 0 Å². The normalized spacial score (nSPS) is 20.3. The Morgan fingerprint density at radius 2 is 2.13 bits per heavy atom. The van der Waals surface area contributed by atoms with Crippen LogP contribution in [0.4, 0.5) is 0 Å². The van der Waals surface area contributed by atoms with Gasteiger partial charge in [0, 0.05) is 24.2 Å². The number of hydrogen-bond donors (Lipinski definition) is 1. The average Bonchev–Trinajstić information content (AvgIpc) is 2.81. The predicted molar refractivity (Wildman–Crippen MR) is 57.6 cm³/mol. The Balaban J connectivity index is 2.25. The van der Waals surface area contributed by atoms with E-state index in [-0.39, 0.29) is 0 Å². The largest absolute Gasteiger partial charge is 0.493 e. The molecule has 1 unspecified atom stereocenters. The summed E-state index contributed by atoms with van der Waals surface area (Å²) in [6.07, 6.45) is 2.87. The van der Waals surface area contributed by atoms with Gasteiger partial charge in [-0.25, -0.2) is 0 Å². The van der Waals surface area contributed by atoms with Gasteiger partial charge in [0.25, 0.3) is 0 Å². The van der Waals surface area contributed by atoms with Crippen LogP contribution in [0.25, 0.3) is 0 Å². The van der Waals surface area contributed by atoms with Crippen molar-refractivity contribution < 1.29 is 9.47 Å². The zero-order valence-corrected chi connectivity index (χ0v) is 9.12. The molecular formula is C11H16N2O2. The number of nitrogens with one attached hydrogen (secondary N) is 1. The van der Waals surface area contributed by atoms with Crippen LogP contribution in [0.15, 0.2) is 12.3 Å². The van der Waals surface area contributed by atoms with Crippen LogP contribution in [0.3, 0.4) is 0 Å². The zero-order valence-electron chi connectivity index (χ0n) is 9.12. The Bertz CT molecular complexity index is 335. The van der Waals surface area contributed by atoms with E-state index in [9.17, 15) is 0 Å². The molecule has 1 aromatic heterocycles. The van der Waals surface area contributed by atoms with Crippen LogP contribution in [-0.4, -0.2) is 32.3 Å². The van der Waals surface area contributed by atoms with Crippen LogP contribution in [0.1, 0.15) is 18.0 Å². The van der Waals surface area contributed by atoms with Gasteiger partial charge in [-0.15, -0.1) is 0 Å². The van der Waals surface area contributed by atoms with Crippen LogP contribution in [-0.2, 0) is 0 Å². The van der Waals surface area contributed by atoms with Crippen molar-refractivity contribution in [3.05, 3.63) is 18.0 Å². The van der Waals surface area contributed by atoms with E-state index in [0.29, 0.717) is 11.7 Å². The summed E-state index contributed by atoms with van der Waals surface area (Å²) in [5.41, 5.74) is 1.08. The van der Waals surface area contributed by atoms with Crippen molar-refractivity contribution in [2.75, 3.05) is 27.3 Å². The molecule has 0 aromatic carbocycles. The number of methoxy groups -OCH3 is 2. The van der Waals surface area contributed by atoms with E-state index in [4.69, 9.17) is 9.47 Å². The number of aromatic nitrogens is 1. The molecule has 0 aliphatic carbocycles. The fourth-order valence-corrected chi connectivity index (χ4v) is 1.88. The number of pyridine rings is 1. The molecule has 1 saturated heterocycles. The fourth-order valence-electron chi connectivity index (χ4n) is 1.88. The SMILES string of the molecule is COc1cnc(C2CCNC2)cc1OC. The van der Waals surface area contributed by atoms with Crippen LogP contribution in [0, 0.1) is 0 Å². The molecule has 0 amide bonds. The van der Waals surface area contributed by atoms with Gasteiger partial charge in [-0.1, -0.05) is 0 Å². The third-order valence-electron chi connectivity index (χ3n) is 2.77. The molecule has 2 rings (SSSR count). The maximum Gasteiger partial charge on any atom is 0.179 e. The molecule has 1 aliphatic rings.